The molecule has 0 saturated carbocycles. The van der Waals surface area contributed by atoms with Gasteiger partial charge in [0.1, 0.15) is 0 Å². The zero-order valence-corrected chi connectivity index (χ0v) is 13.3. The number of hydrogen-bond donors (Lipinski definition) is 1. The first-order valence-electron chi connectivity index (χ1n) is 6.30. The molecule has 114 valence electrons. The molecule has 1 aromatic carbocycles. The van der Waals surface area contributed by atoms with Crippen LogP contribution in [0.4, 0.5) is 5.13 Å². The summed E-state index contributed by atoms with van der Waals surface area (Å²) in [7, 11) is 1.33. The highest BCUT2D eigenvalue weighted by atomic mass is 35.5. The molecule has 0 atom stereocenters. The van der Waals surface area contributed by atoms with Crippen molar-refractivity contribution in [2.45, 2.75) is 5.88 Å². The van der Waals surface area contributed by atoms with Gasteiger partial charge in [0.2, 0.25) is 5.91 Å². The third-order valence-corrected chi connectivity index (χ3v) is 3.76. The molecular weight excluding hydrogens is 324 g/mol. The number of esters is 1. The molecule has 1 heterocycles. The van der Waals surface area contributed by atoms with Crippen LogP contribution in [0, 0.1) is 0 Å². The summed E-state index contributed by atoms with van der Waals surface area (Å²) >= 11 is 6.97. The van der Waals surface area contributed by atoms with Crippen LogP contribution in [-0.2, 0) is 15.4 Å². The monoisotopic (exact) mass is 336 g/mol. The molecule has 0 fully saturated rings. The molecule has 22 heavy (non-hydrogen) atoms. The number of thiazole rings is 1. The molecule has 0 aliphatic heterocycles. The van der Waals surface area contributed by atoms with E-state index in [0.717, 1.165) is 11.3 Å². The number of amides is 1. The quantitative estimate of drug-likeness (QED) is 0.516. The van der Waals surface area contributed by atoms with Gasteiger partial charge in [0.05, 0.1) is 24.2 Å². The Labute approximate surface area is 136 Å². The fourth-order valence-corrected chi connectivity index (χ4v) is 2.53. The number of anilines is 1. The normalized spacial score (nSPS) is 10.6. The number of hydrogen-bond acceptors (Lipinski definition) is 5. The fourth-order valence-electron chi connectivity index (χ4n) is 1.59. The van der Waals surface area contributed by atoms with Gasteiger partial charge in [0.25, 0.3) is 0 Å². The third-order valence-electron chi connectivity index (χ3n) is 2.68. The van der Waals surface area contributed by atoms with Crippen molar-refractivity contribution < 1.29 is 14.3 Å². The maximum Gasteiger partial charge on any atom is 0.337 e. The first kappa shape index (κ1) is 16.2. The summed E-state index contributed by atoms with van der Waals surface area (Å²) in [5, 5.41) is 4.95. The van der Waals surface area contributed by atoms with Crippen LogP contribution in [0.25, 0.3) is 6.08 Å². The van der Waals surface area contributed by atoms with Crippen molar-refractivity contribution in [3.8, 4) is 0 Å². The van der Waals surface area contributed by atoms with Gasteiger partial charge in [-0.2, -0.15) is 0 Å². The highest BCUT2D eigenvalue weighted by Crippen LogP contribution is 2.16. The van der Waals surface area contributed by atoms with E-state index in [-0.39, 0.29) is 5.91 Å². The summed E-state index contributed by atoms with van der Waals surface area (Å²) in [6.45, 7) is 0. The van der Waals surface area contributed by atoms with Crippen molar-refractivity contribution >= 4 is 46.0 Å². The third kappa shape index (κ3) is 4.41. The number of rotatable bonds is 5. The van der Waals surface area contributed by atoms with Gasteiger partial charge in [-0.15, -0.1) is 22.9 Å². The van der Waals surface area contributed by atoms with Gasteiger partial charge in [-0.1, -0.05) is 12.1 Å². The van der Waals surface area contributed by atoms with Crippen molar-refractivity contribution in [3.05, 3.63) is 52.5 Å². The summed E-state index contributed by atoms with van der Waals surface area (Å²) in [6, 6.07) is 6.73. The van der Waals surface area contributed by atoms with E-state index in [4.69, 9.17) is 11.6 Å². The molecule has 1 amide bonds. The molecule has 0 radical (unpaired) electrons. The largest absolute Gasteiger partial charge is 0.465 e. The molecule has 1 aromatic heterocycles. The van der Waals surface area contributed by atoms with Crippen LogP contribution >= 0.6 is 22.9 Å². The smallest absolute Gasteiger partial charge is 0.337 e. The number of methoxy groups -OCH3 is 1. The molecule has 0 bridgehead atoms. The van der Waals surface area contributed by atoms with E-state index in [2.05, 4.69) is 15.0 Å². The van der Waals surface area contributed by atoms with E-state index >= 15 is 0 Å². The number of halogens is 1. The van der Waals surface area contributed by atoms with E-state index in [1.54, 1.807) is 35.7 Å². The highest BCUT2D eigenvalue weighted by molar-refractivity contribution is 7.14. The van der Waals surface area contributed by atoms with E-state index in [0.29, 0.717) is 16.6 Å². The Kier molecular flexibility index (Phi) is 5.68. The van der Waals surface area contributed by atoms with Gasteiger partial charge in [-0.05, 0) is 23.8 Å². The van der Waals surface area contributed by atoms with E-state index in [9.17, 15) is 9.59 Å². The van der Waals surface area contributed by atoms with Gasteiger partial charge in [0, 0.05) is 11.5 Å². The molecular formula is C15H13ClN2O3S. The maximum absolute atomic E-state index is 11.8. The van der Waals surface area contributed by atoms with Crippen molar-refractivity contribution in [1.29, 1.82) is 0 Å². The van der Waals surface area contributed by atoms with E-state index < -0.39 is 5.97 Å². The topological polar surface area (TPSA) is 68.3 Å². The van der Waals surface area contributed by atoms with Gasteiger partial charge in [0.15, 0.2) is 5.13 Å². The summed E-state index contributed by atoms with van der Waals surface area (Å²) in [5.41, 5.74) is 1.98. The Morgan fingerprint density at radius 3 is 2.68 bits per heavy atom. The minimum Gasteiger partial charge on any atom is -0.465 e. The molecule has 0 spiro atoms. The van der Waals surface area contributed by atoms with Crippen LogP contribution < -0.4 is 5.32 Å². The number of carbonyl (C=O) groups is 2. The molecule has 0 aliphatic carbocycles. The minimum atomic E-state index is -0.396. The van der Waals surface area contributed by atoms with Crippen molar-refractivity contribution in [2.24, 2.45) is 0 Å². The average Bonchev–Trinajstić information content (AvgIpc) is 3.00. The zero-order chi connectivity index (χ0) is 15.9. The Morgan fingerprint density at radius 2 is 2.09 bits per heavy atom. The predicted molar refractivity (Wildman–Crippen MR) is 87.1 cm³/mol. The molecule has 5 nitrogen and oxygen atoms in total. The summed E-state index contributed by atoms with van der Waals surface area (Å²) in [6.07, 6.45) is 3.04. The number of alkyl halides is 1. The first-order chi connectivity index (χ1) is 10.6. The standard InChI is InChI=1S/C15H13ClN2O3S/c1-21-14(20)11-5-2-10(3-6-11)4-7-13(19)18-15-17-12(8-16)9-22-15/h2-7,9H,8H2,1H3,(H,17,18,19)/b7-4+. The summed E-state index contributed by atoms with van der Waals surface area (Å²) in [5.74, 6) is -0.367. The van der Waals surface area contributed by atoms with E-state index in [1.807, 2.05) is 0 Å². The lowest BCUT2D eigenvalue weighted by atomic mass is 10.1. The first-order valence-corrected chi connectivity index (χ1v) is 7.71. The Hall–Kier alpha value is -2.18. The highest BCUT2D eigenvalue weighted by Gasteiger charge is 2.05. The lowest BCUT2D eigenvalue weighted by Gasteiger charge is -1.99. The molecule has 2 aromatic rings. The molecule has 2 rings (SSSR count). The maximum atomic E-state index is 11.8. The van der Waals surface area contributed by atoms with E-state index in [1.165, 1.54) is 24.5 Å². The van der Waals surface area contributed by atoms with Gasteiger partial charge in [-0.25, -0.2) is 9.78 Å². The van der Waals surface area contributed by atoms with Crippen molar-refractivity contribution in [3.63, 3.8) is 0 Å². The number of carbonyl (C=O) groups excluding carboxylic acids is 2. The fraction of sp³-hybridized carbons (Fsp3) is 0.133. The molecule has 1 N–H and O–H groups in total. The van der Waals surface area contributed by atoms with Crippen LogP contribution in [0.1, 0.15) is 21.6 Å². The Balaban J connectivity index is 1.95. The minimum absolute atomic E-state index is 0.285. The average molecular weight is 337 g/mol. The zero-order valence-electron chi connectivity index (χ0n) is 11.7. The summed E-state index contributed by atoms with van der Waals surface area (Å²) < 4.78 is 4.62. The molecule has 0 aliphatic rings. The van der Waals surface area contributed by atoms with Gasteiger partial charge < -0.3 is 4.74 Å². The Morgan fingerprint density at radius 1 is 1.36 bits per heavy atom. The summed E-state index contributed by atoms with van der Waals surface area (Å²) in [4.78, 5) is 27.2. The van der Waals surface area contributed by atoms with Crippen LogP contribution in [-0.4, -0.2) is 24.0 Å². The van der Waals surface area contributed by atoms with Crippen LogP contribution in [0.15, 0.2) is 35.7 Å². The molecule has 0 saturated heterocycles. The van der Waals surface area contributed by atoms with Crippen molar-refractivity contribution in [1.82, 2.24) is 4.98 Å². The van der Waals surface area contributed by atoms with Crippen LogP contribution in [0.5, 0.6) is 0 Å². The number of aromatic nitrogens is 1. The Bertz CT molecular complexity index is 695. The molecule has 0 unspecified atom stereocenters. The number of nitrogens with one attached hydrogen (secondary N) is 1. The number of benzene rings is 1. The SMILES string of the molecule is COC(=O)c1ccc(/C=C/C(=O)Nc2nc(CCl)cs2)cc1. The van der Waals surface area contributed by atoms with Gasteiger partial charge in [-0.3, -0.25) is 10.1 Å². The predicted octanol–water partition coefficient (Wildman–Crippen LogP) is 3.32. The number of ether oxygens (including phenoxy) is 1. The lowest BCUT2D eigenvalue weighted by molar-refractivity contribution is -0.111. The van der Waals surface area contributed by atoms with Crippen molar-refractivity contribution in [2.75, 3.05) is 12.4 Å². The van der Waals surface area contributed by atoms with Crippen LogP contribution in [0.3, 0.4) is 0 Å². The lowest BCUT2D eigenvalue weighted by Crippen LogP contribution is -2.07. The number of nitrogens with zero attached hydrogens (tertiary/aromatic N) is 1. The van der Waals surface area contributed by atoms with Crippen LogP contribution in [0.2, 0.25) is 0 Å². The second-order valence-corrected chi connectivity index (χ2v) is 5.34. The second kappa shape index (κ2) is 7.72. The van der Waals surface area contributed by atoms with Gasteiger partial charge >= 0.3 is 5.97 Å². The second-order valence-electron chi connectivity index (χ2n) is 4.21. The molecule has 7 heteroatoms.